The molecule has 0 atom stereocenters. The van der Waals surface area contributed by atoms with Crippen molar-refractivity contribution in [3.63, 3.8) is 0 Å². The minimum Gasteiger partial charge on any atom is -0.322 e. The van der Waals surface area contributed by atoms with Crippen LogP contribution >= 0.6 is 15.9 Å². The summed E-state index contributed by atoms with van der Waals surface area (Å²) < 4.78 is 41.1. The number of sulfonamides is 1. The molecular weight excluding hydrogens is 435 g/mol. The average molecular weight is 453 g/mol. The summed E-state index contributed by atoms with van der Waals surface area (Å²) in [6, 6.07) is 10.6. The van der Waals surface area contributed by atoms with Gasteiger partial charge in [-0.1, -0.05) is 22.0 Å². The lowest BCUT2D eigenvalue weighted by molar-refractivity contribution is -0.111. The maximum Gasteiger partial charge on any atom is 0.248 e. The highest BCUT2D eigenvalue weighted by molar-refractivity contribution is 9.10. The van der Waals surface area contributed by atoms with E-state index in [4.69, 9.17) is 0 Å². The standard InChI is InChI=1S/C19H18BrFN2O3S/c20-15-7-8-18(21)14(12-15)6-9-19(24)22-16-4-3-5-17(13-16)27(25,26)23-10-1-2-11-23/h3-9,12-13H,1-2,10-11H2,(H,22,24)/b9-6+. The number of anilines is 1. The number of amides is 1. The van der Waals surface area contributed by atoms with Gasteiger partial charge in [0.15, 0.2) is 0 Å². The molecule has 2 aromatic rings. The molecular formula is C19H18BrFN2O3S. The molecule has 5 nitrogen and oxygen atoms in total. The average Bonchev–Trinajstić information content (AvgIpc) is 3.18. The topological polar surface area (TPSA) is 66.5 Å². The Morgan fingerprint density at radius 3 is 2.63 bits per heavy atom. The van der Waals surface area contributed by atoms with Crippen molar-refractivity contribution in [1.82, 2.24) is 4.31 Å². The minimum absolute atomic E-state index is 0.143. The molecule has 1 saturated heterocycles. The van der Waals surface area contributed by atoms with Gasteiger partial charge in [-0.25, -0.2) is 12.8 Å². The number of hydrogen-bond donors (Lipinski definition) is 1. The van der Waals surface area contributed by atoms with Crippen LogP contribution in [0.15, 0.2) is 57.9 Å². The first-order valence-electron chi connectivity index (χ1n) is 8.40. The number of rotatable bonds is 5. The molecule has 0 saturated carbocycles. The van der Waals surface area contributed by atoms with Crippen molar-refractivity contribution < 1.29 is 17.6 Å². The van der Waals surface area contributed by atoms with Crippen molar-refractivity contribution in [1.29, 1.82) is 0 Å². The first-order valence-corrected chi connectivity index (χ1v) is 10.6. The maximum atomic E-state index is 13.7. The first kappa shape index (κ1) is 19.7. The van der Waals surface area contributed by atoms with E-state index in [1.165, 1.54) is 34.7 Å². The Hall–Kier alpha value is -2.03. The van der Waals surface area contributed by atoms with Gasteiger partial charge in [0.05, 0.1) is 4.90 Å². The number of carbonyl (C=O) groups is 1. The van der Waals surface area contributed by atoms with E-state index in [2.05, 4.69) is 21.2 Å². The van der Waals surface area contributed by atoms with E-state index in [9.17, 15) is 17.6 Å². The molecule has 8 heteroatoms. The Balaban J connectivity index is 1.73. The van der Waals surface area contributed by atoms with Crippen LogP contribution in [0.2, 0.25) is 0 Å². The quantitative estimate of drug-likeness (QED) is 0.696. The van der Waals surface area contributed by atoms with Crippen LogP contribution in [0.4, 0.5) is 10.1 Å². The van der Waals surface area contributed by atoms with Gasteiger partial charge in [-0.3, -0.25) is 4.79 Å². The summed E-state index contributed by atoms with van der Waals surface area (Å²) in [7, 11) is -3.55. The van der Waals surface area contributed by atoms with Gasteiger partial charge in [0.1, 0.15) is 5.82 Å². The van der Waals surface area contributed by atoms with E-state index in [-0.39, 0.29) is 10.5 Å². The molecule has 142 valence electrons. The van der Waals surface area contributed by atoms with Crippen molar-refractivity contribution in [3.8, 4) is 0 Å². The predicted octanol–water partition coefficient (Wildman–Crippen LogP) is 4.02. The molecule has 0 unspecified atom stereocenters. The van der Waals surface area contributed by atoms with Gasteiger partial charge in [-0.15, -0.1) is 0 Å². The van der Waals surface area contributed by atoms with Crippen LogP contribution in [0.1, 0.15) is 18.4 Å². The second kappa shape index (κ2) is 8.33. The normalized spacial score (nSPS) is 15.3. The molecule has 1 aliphatic rings. The molecule has 1 amide bonds. The van der Waals surface area contributed by atoms with Crippen LogP contribution in [0, 0.1) is 5.82 Å². The SMILES string of the molecule is O=C(/C=C/c1cc(Br)ccc1F)Nc1cccc(S(=O)(=O)N2CCCC2)c1. The van der Waals surface area contributed by atoms with Crippen molar-refractivity contribution in [2.24, 2.45) is 0 Å². The fraction of sp³-hybridized carbons (Fsp3) is 0.211. The molecule has 0 spiro atoms. The number of nitrogens with zero attached hydrogens (tertiary/aromatic N) is 1. The lowest BCUT2D eigenvalue weighted by Gasteiger charge is -2.16. The lowest BCUT2D eigenvalue weighted by atomic mass is 10.2. The van der Waals surface area contributed by atoms with Gasteiger partial charge in [0, 0.05) is 34.9 Å². The molecule has 1 fully saturated rings. The monoisotopic (exact) mass is 452 g/mol. The summed E-state index contributed by atoms with van der Waals surface area (Å²) in [5, 5.41) is 2.61. The second-order valence-corrected chi connectivity index (χ2v) is 8.98. The highest BCUT2D eigenvalue weighted by Crippen LogP contribution is 2.23. The largest absolute Gasteiger partial charge is 0.322 e. The molecule has 0 aromatic heterocycles. The van der Waals surface area contributed by atoms with E-state index in [0.717, 1.165) is 12.8 Å². The van der Waals surface area contributed by atoms with Crippen LogP contribution in [-0.2, 0) is 14.8 Å². The number of carbonyl (C=O) groups excluding carboxylic acids is 1. The third-order valence-corrected chi connectivity index (χ3v) is 6.56. The zero-order valence-corrected chi connectivity index (χ0v) is 16.8. The summed E-state index contributed by atoms with van der Waals surface area (Å²) >= 11 is 3.25. The highest BCUT2D eigenvalue weighted by Gasteiger charge is 2.27. The molecule has 1 aliphatic heterocycles. The van der Waals surface area contributed by atoms with Gasteiger partial charge in [0.25, 0.3) is 0 Å². The first-order chi connectivity index (χ1) is 12.9. The Kier molecular flexibility index (Phi) is 6.08. The molecule has 2 aromatic carbocycles. The van der Waals surface area contributed by atoms with Gasteiger partial charge >= 0.3 is 0 Å². The van der Waals surface area contributed by atoms with Crippen LogP contribution in [0.25, 0.3) is 6.08 Å². The number of halogens is 2. The Morgan fingerprint density at radius 1 is 1.15 bits per heavy atom. The van der Waals surface area contributed by atoms with Crippen LogP contribution in [-0.4, -0.2) is 31.7 Å². The molecule has 3 rings (SSSR count). The lowest BCUT2D eigenvalue weighted by Crippen LogP contribution is -2.27. The van der Waals surface area contributed by atoms with Crippen LogP contribution in [0.3, 0.4) is 0 Å². The molecule has 0 bridgehead atoms. The fourth-order valence-corrected chi connectivity index (χ4v) is 4.75. The van der Waals surface area contributed by atoms with E-state index in [1.54, 1.807) is 24.3 Å². The zero-order valence-electron chi connectivity index (χ0n) is 14.4. The van der Waals surface area contributed by atoms with Crippen molar-refractivity contribution in [3.05, 3.63) is 64.4 Å². The molecule has 1 N–H and O–H groups in total. The van der Waals surface area contributed by atoms with Gasteiger partial charge in [-0.05, 0) is 55.3 Å². The summed E-state index contributed by atoms with van der Waals surface area (Å²) in [5.41, 5.74) is 0.629. The van der Waals surface area contributed by atoms with Gasteiger partial charge in [-0.2, -0.15) is 4.31 Å². The zero-order chi connectivity index (χ0) is 19.4. The fourth-order valence-electron chi connectivity index (χ4n) is 2.80. The maximum absolute atomic E-state index is 13.7. The highest BCUT2D eigenvalue weighted by atomic mass is 79.9. The van der Waals surface area contributed by atoms with Gasteiger partial charge < -0.3 is 5.32 Å². The van der Waals surface area contributed by atoms with E-state index in [1.807, 2.05) is 0 Å². The third-order valence-electron chi connectivity index (χ3n) is 4.18. The number of hydrogen-bond acceptors (Lipinski definition) is 3. The summed E-state index contributed by atoms with van der Waals surface area (Å²) in [5.74, 6) is -0.925. The molecule has 0 radical (unpaired) electrons. The van der Waals surface area contributed by atoms with Crippen LogP contribution in [0.5, 0.6) is 0 Å². The second-order valence-electron chi connectivity index (χ2n) is 6.13. The molecule has 0 aliphatic carbocycles. The van der Waals surface area contributed by atoms with Crippen molar-refractivity contribution in [2.45, 2.75) is 17.7 Å². The summed E-state index contributed by atoms with van der Waals surface area (Å²) in [4.78, 5) is 12.3. The van der Waals surface area contributed by atoms with Gasteiger partial charge in [0.2, 0.25) is 15.9 Å². The van der Waals surface area contributed by atoms with E-state index >= 15 is 0 Å². The molecule has 27 heavy (non-hydrogen) atoms. The summed E-state index contributed by atoms with van der Waals surface area (Å²) in [6.07, 6.45) is 4.27. The Bertz CT molecular complexity index is 986. The predicted molar refractivity (Wildman–Crippen MR) is 106 cm³/mol. The number of nitrogens with one attached hydrogen (secondary N) is 1. The van der Waals surface area contributed by atoms with Crippen molar-refractivity contribution >= 4 is 43.6 Å². The van der Waals surface area contributed by atoms with E-state index in [0.29, 0.717) is 23.2 Å². The third kappa shape index (κ3) is 4.82. The van der Waals surface area contributed by atoms with Crippen LogP contribution < -0.4 is 5.32 Å². The summed E-state index contributed by atoms with van der Waals surface area (Å²) in [6.45, 7) is 1.03. The number of benzene rings is 2. The smallest absolute Gasteiger partial charge is 0.248 e. The minimum atomic E-state index is -3.55. The van der Waals surface area contributed by atoms with E-state index < -0.39 is 21.7 Å². The molecule has 1 heterocycles. The Morgan fingerprint density at radius 2 is 1.89 bits per heavy atom. The van der Waals surface area contributed by atoms with Crippen molar-refractivity contribution in [2.75, 3.05) is 18.4 Å². The Labute approximate surface area is 166 Å².